The van der Waals surface area contributed by atoms with Crippen molar-refractivity contribution in [3.63, 3.8) is 0 Å². The maximum atomic E-state index is 12.9. The number of carboxylic acid groups (broad SMARTS) is 1. The van der Waals surface area contributed by atoms with Crippen LogP contribution in [-0.4, -0.2) is 170 Å². The number of aliphatic carboxylic acids is 1. The molecule has 4 spiro atoms. The molecule has 8 aromatic rings. The number of unbranched alkanes of at least 4 members (excludes halogenated alkanes) is 4. The minimum absolute atomic E-state index is 0.0622. The molecule has 8 aliphatic rings. The van der Waals surface area contributed by atoms with E-state index in [-0.39, 0.29) is 71.2 Å². The number of halogens is 4. The van der Waals surface area contributed by atoms with Crippen LogP contribution in [0.3, 0.4) is 0 Å². The van der Waals surface area contributed by atoms with Gasteiger partial charge >= 0.3 is 87.9 Å². The van der Waals surface area contributed by atoms with Crippen molar-refractivity contribution in [1.29, 1.82) is 0 Å². The van der Waals surface area contributed by atoms with Gasteiger partial charge in [0.05, 0.1) is 13.2 Å². The molecule has 29 heteroatoms. The Labute approximate surface area is 876 Å². The first-order valence-electron chi connectivity index (χ1n) is 51.5. The van der Waals surface area contributed by atoms with Crippen molar-refractivity contribution >= 4 is 94.4 Å². The van der Waals surface area contributed by atoms with Gasteiger partial charge in [0.15, 0.2) is 0 Å². The zero-order valence-electron chi connectivity index (χ0n) is 85.0. The quantitative estimate of drug-likeness (QED) is 0.00780. The van der Waals surface area contributed by atoms with Gasteiger partial charge in [-0.05, 0) is 268 Å². The number of amides is 5. The number of rotatable bonds is 32. The molecule has 778 valence electrons. The van der Waals surface area contributed by atoms with E-state index in [2.05, 4.69) is 120 Å². The predicted molar refractivity (Wildman–Crippen MR) is 560 cm³/mol. The molecule has 16 rings (SSSR count). The second kappa shape index (κ2) is 57.6. The Morgan fingerprint density at radius 2 is 0.637 bits per heavy atom. The molecular formula is C117H141BrF3N5O18SZn. The molecule has 0 atom stereocenters. The number of hydrogen-bond donors (Lipinski definition) is 1. The fraction of sp³-hybridized carbons (Fsp3) is 0.444. The van der Waals surface area contributed by atoms with Crippen LogP contribution in [0.15, 0.2) is 243 Å². The molecule has 0 aromatic heterocycles. The van der Waals surface area contributed by atoms with Crippen LogP contribution < -0.4 is 0 Å². The predicted octanol–water partition coefficient (Wildman–Crippen LogP) is 25.6. The van der Waals surface area contributed by atoms with Crippen LogP contribution in [0.2, 0.25) is 0 Å². The number of piperidine rings is 4. The van der Waals surface area contributed by atoms with Gasteiger partial charge in [-0.15, -0.1) is 0 Å². The number of fused-ring (bicyclic) bond motifs is 4. The molecule has 146 heavy (non-hydrogen) atoms. The normalized spacial score (nSPS) is 16.2. The minimum atomic E-state index is -5.81. The summed E-state index contributed by atoms with van der Waals surface area (Å²) in [6.07, 6.45) is 29.4. The molecule has 1 N–H and O–H groups in total. The topological polar surface area (TPSA) is 272 Å². The summed E-state index contributed by atoms with van der Waals surface area (Å²) < 4.78 is 98.5. The molecule has 4 aliphatic carbocycles. The van der Waals surface area contributed by atoms with Crippen molar-refractivity contribution in [2.45, 2.75) is 233 Å². The van der Waals surface area contributed by atoms with Crippen LogP contribution in [0.4, 0.5) is 32.3 Å². The fourth-order valence-corrected chi connectivity index (χ4v) is 20.9. The van der Waals surface area contributed by atoms with E-state index >= 15 is 0 Å². The van der Waals surface area contributed by atoms with Gasteiger partial charge in [0.1, 0.15) is 32.2 Å². The number of nitrogens with zero attached hydrogens (tertiary/aromatic N) is 5. The Kier molecular flexibility index (Phi) is 45.2. The van der Waals surface area contributed by atoms with E-state index in [1.165, 1.54) is 78.6 Å². The van der Waals surface area contributed by atoms with Crippen molar-refractivity contribution in [2.75, 3.05) is 78.7 Å². The van der Waals surface area contributed by atoms with Crippen LogP contribution in [0.1, 0.15) is 242 Å². The second-order valence-corrected chi connectivity index (χ2v) is 40.1. The third-order valence-electron chi connectivity index (χ3n) is 28.4. The van der Waals surface area contributed by atoms with Gasteiger partial charge in [-0.25, -0.2) is 19.2 Å². The van der Waals surface area contributed by atoms with Crippen LogP contribution in [0.5, 0.6) is 0 Å². The Balaban J connectivity index is 0.000000179. The average molecular weight is 2140 g/mol. The number of hydrogen-bond acceptors (Lipinski definition) is 17. The Bertz CT molecular complexity index is 5800. The van der Waals surface area contributed by atoms with Gasteiger partial charge in [0.2, 0.25) is 5.91 Å². The molecule has 4 saturated heterocycles. The molecule has 5 amide bonds. The summed E-state index contributed by atoms with van der Waals surface area (Å²) in [5, 5.41) is 8.92. The number of carbonyl (C=O) groups is 8. The summed E-state index contributed by atoms with van der Waals surface area (Å²) in [5.41, 5.74) is 11.3. The van der Waals surface area contributed by atoms with E-state index < -0.39 is 33.1 Å². The van der Waals surface area contributed by atoms with Gasteiger partial charge in [-0.2, -0.15) is 28.0 Å². The van der Waals surface area contributed by atoms with Crippen molar-refractivity contribution in [3.8, 4) is 0 Å². The first kappa shape index (κ1) is 115. The van der Waals surface area contributed by atoms with E-state index in [4.69, 9.17) is 28.8 Å². The molecule has 8 aromatic carbocycles. The number of allylic oxidation sites excluding steroid dienone is 7. The Morgan fingerprint density at radius 1 is 0.370 bits per heavy atom. The van der Waals surface area contributed by atoms with E-state index in [0.29, 0.717) is 128 Å². The van der Waals surface area contributed by atoms with Crippen LogP contribution in [-0.2, 0) is 130 Å². The van der Waals surface area contributed by atoms with E-state index in [1.807, 2.05) is 169 Å². The fourth-order valence-electron chi connectivity index (χ4n) is 20.5. The number of likely N-dealkylation sites (tertiary alicyclic amines) is 4. The van der Waals surface area contributed by atoms with Gasteiger partial charge < -0.3 is 69.1 Å². The van der Waals surface area contributed by atoms with Crippen LogP contribution in [0.25, 0.3) is 22.5 Å². The summed E-state index contributed by atoms with van der Waals surface area (Å²) >= 11 is 4.25. The summed E-state index contributed by atoms with van der Waals surface area (Å²) in [6, 6.07) is 71.3. The summed E-state index contributed by atoms with van der Waals surface area (Å²) in [6.45, 7) is 19.8. The standard InChI is InChI=1S/C31H40N2O3.C29H35NO4.C27H31NO4.C23H22F3NO5S.C7H13O2.BrH.Zn/c1-3-32(4-2)29(34)17-11-9-15-27-23-31(22-26-14-8-10-16-28(26)27)18-20-33(21-19-31)30(35)36-24-25-12-6-5-7-13-25;1-2-33-27(31)15-9-7-13-25-21-29(20-24-12-6-8-14-26(24)25)16-18-30(19-17-29)28(32)34-22-23-10-4-3-5-11-23;29-25(30)13-7-5-11-23-19-27(18-22-10-4-6-12-24(22)23)14-16-28(17-15-27)26(31)32-20-21-8-2-1-3-9-21;24-23(25,26)33(29,30)32-20-15-22(14-18-8-4-5-9-19(18)20)10-12-27(13-11-22)21(28)31-16-17-6-2-1-3-7-17;1-3-5-6-7(8)9-4-2;;/h5-8,10,12-14,16,23H,3-4,9,11,15,17-22,24H2,1-2H3;3-6,8,10-12,14,21H,2,7,9,13,15-20,22H2,1H3;1-4,6,8-10,12,19H,5,7,11,13-18,20H2,(H,29,30);1-9,15H,10-14,16H2;1,3-6H2,2H3;1H;/q;;;;-1;;+2/p-1. The molecule has 0 bridgehead atoms. The van der Waals surface area contributed by atoms with Crippen molar-refractivity contribution in [1.82, 2.24) is 24.5 Å². The van der Waals surface area contributed by atoms with Gasteiger partial charge in [0.25, 0.3) is 0 Å². The van der Waals surface area contributed by atoms with Crippen molar-refractivity contribution in [3.05, 3.63) is 316 Å². The number of carboxylic acids is 1. The number of carbonyl (C=O) groups excluding carboxylic acids is 7. The van der Waals surface area contributed by atoms with Gasteiger partial charge in [0, 0.05) is 96.7 Å². The molecule has 0 saturated carbocycles. The summed E-state index contributed by atoms with van der Waals surface area (Å²) in [7, 11) is -5.81. The summed E-state index contributed by atoms with van der Waals surface area (Å²) in [4.78, 5) is 105. The third-order valence-corrected chi connectivity index (χ3v) is 29.4. The number of ether oxygens (including phenoxy) is 6. The van der Waals surface area contributed by atoms with Crippen LogP contribution >= 0.6 is 13.6 Å². The van der Waals surface area contributed by atoms with Gasteiger partial charge in [-0.3, -0.25) is 19.2 Å². The zero-order chi connectivity index (χ0) is 104. The van der Waals surface area contributed by atoms with E-state index in [9.17, 15) is 59.9 Å². The molecular weight excluding hydrogens is 2000 g/mol. The molecule has 23 nitrogen and oxygen atoms in total. The van der Waals surface area contributed by atoms with E-state index in [1.54, 1.807) is 23.1 Å². The second-order valence-electron chi connectivity index (χ2n) is 38.5. The Morgan fingerprint density at radius 3 is 0.925 bits per heavy atom. The SMILES string of the molecule is CCN(CC)C(=O)CCCCC1=CC2(CCN(C(=O)OCc3ccccc3)CC2)Cc2ccccc21.CCOC(=O)CCCCC1=CC2(CCN(C(=O)OCc3ccccc3)CC2)Cc2ccccc21.O=C(O)CCCCC1=CC2(CCN(C(=O)OCc3ccccc3)CC2)Cc2ccccc21.O=C(OCc1ccccc1)N1CCC2(C=C(OS(=O)(=O)C(F)(F)F)c3ccccc3C2)CC1.[CH2-]CCCC(=O)OCC.[Zn+][Br]. The monoisotopic (exact) mass is 2140 g/mol. The molecule has 4 heterocycles. The maximum absolute atomic E-state index is 12.9. The number of alkyl halides is 3. The molecule has 0 radical (unpaired) electrons. The van der Waals surface area contributed by atoms with E-state index in [0.717, 1.165) is 170 Å². The first-order valence-corrected chi connectivity index (χ1v) is 59.8. The number of esters is 2. The van der Waals surface area contributed by atoms with Gasteiger partial charge in [-0.1, -0.05) is 243 Å². The Hall–Kier alpha value is -11.7. The molecule has 4 fully saturated rings. The zero-order valence-corrected chi connectivity index (χ0v) is 90.3. The summed E-state index contributed by atoms with van der Waals surface area (Å²) in [5.74, 6) is -1.01. The number of benzene rings is 8. The first-order chi connectivity index (χ1) is 70.6. The molecule has 4 aliphatic heterocycles. The van der Waals surface area contributed by atoms with Crippen molar-refractivity contribution in [2.24, 2.45) is 21.7 Å². The molecule has 0 unspecified atom stereocenters. The third kappa shape index (κ3) is 34.5. The van der Waals surface area contributed by atoms with Crippen molar-refractivity contribution < 1.29 is 114 Å². The average Bonchev–Trinajstić information content (AvgIpc) is 0.765. The van der Waals surface area contributed by atoms with Crippen LogP contribution in [0, 0.1) is 28.6 Å².